The van der Waals surface area contributed by atoms with E-state index in [4.69, 9.17) is 0 Å². The van der Waals surface area contributed by atoms with Gasteiger partial charge in [0.2, 0.25) is 0 Å². The Balaban J connectivity index is 0.00000420. The molecule has 0 saturated carbocycles. The molecular weight excluding hydrogens is 483 g/mol. The van der Waals surface area contributed by atoms with Gasteiger partial charge in [0.25, 0.3) is 11.8 Å². The Morgan fingerprint density at radius 1 is 0.966 bits per heavy atom. The molecule has 29 heavy (non-hydrogen) atoms. The molecule has 0 aliphatic rings. The number of benzene rings is 1. The fourth-order valence-corrected chi connectivity index (χ4v) is 2.51. The van der Waals surface area contributed by atoms with Gasteiger partial charge in [-0.25, -0.2) is 0 Å². The van der Waals surface area contributed by atoms with Crippen molar-refractivity contribution in [3.05, 3.63) is 65.5 Å². The minimum Gasteiger partial charge on any atom is -0.356 e. The number of nitrogens with one attached hydrogen (secondary N) is 4. The normalized spacial score (nSPS) is 10.5. The second-order valence-electron chi connectivity index (χ2n) is 5.95. The minimum absolute atomic E-state index is 0. The van der Waals surface area contributed by atoms with Crippen molar-refractivity contribution in [3.8, 4) is 0 Å². The number of rotatable bonds is 8. The molecule has 0 bridgehead atoms. The van der Waals surface area contributed by atoms with Crippen molar-refractivity contribution in [3.63, 3.8) is 0 Å². The number of hydrogen-bond acceptors (Lipinski definition) is 4. The van der Waals surface area contributed by atoms with Crippen LogP contribution in [0, 0.1) is 0 Å². The minimum atomic E-state index is -0.158. The van der Waals surface area contributed by atoms with Gasteiger partial charge < -0.3 is 21.3 Å². The van der Waals surface area contributed by atoms with Gasteiger partial charge >= 0.3 is 0 Å². The molecule has 4 N–H and O–H groups in total. The molecule has 0 radical (unpaired) electrons. The van der Waals surface area contributed by atoms with Crippen molar-refractivity contribution < 1.29 is 9.59 Å². The Bertz CT molecular complexity index is 814. The quantitative estimate of drug-likeness (QED) is 0.185. The fourth-order valence-electron chi connectivity index (χ4n) is 2.51. The molecule has 9 heteroatoms. The lowest BCUT2D eigenvalue weighted by Gasteiger charge is -2.12. The Kier molecular flexibility index (Phi) is 11.3. The van der Waals surface area contributed by atoms with Crippen molar-refractivity contribution in [2.45, 2.75) is 6.42 Å². The monoisotopic (exact) mass is 510 g/mol. The van der Waals surface area contributed by atoms with E-state index in [0.717, 1.165) is 12.0 Å². The molecule has 0 aliphatic carbocycles. The van der Waals surface area contributed by atoms with Crippen LogP contribution in [0.4, 0.5) is 0 Å². The van der Waals surface area contributed by atoms with Crippen LogP contribution in [-0.2, 0) is 6.42 Å². The highest BCUT2D eigenvalue weighted by molar-refractivity contribution is 14.0. The van der Waals surface area contributed by atoms with E-state index in [1.165, 1.54) is 6.20 Å². The first-order chi connectivity index (χ1) is 13.6. The molecule has 0 aliphatic heterocycles. The van der Waals surface area contributed by atoms with Gasteiger partial charge in [0.05, 0.1) is 5.56 Å². The molecule has 0 fully saturated rings. The van der Waals surface area contributed by atoms with Gasteiger partial charge in [0.1, 0.15) is 0 Å². The van der Waals surface area contributed by atoms with E-state index in [1.54, 1.807) is 38.5 Å². The van der Waals surface area contributed by atoms with E-state index in [9.17, 15) is 9.59 Å². The molecule has 0 spiro atoms. The number of carbonyl (C=O) groups excluding carboxylic acids is 2. The van der Waals surface area contributed by atoms with Crippen LogP contribution in [0.3, 0.4) is 0 Å². The van der Waals surface area contributed by atoms with Crippen LogP contribution in [0.25, 0.3) is 0 Å². The topological polar surface area (TPSA) is 108 Å². The maximum Gasteiger partial charge on any atom is 0.252 e. The number of nitrogens with zero attached hydrogens (tertiary/aromatic N) is 2. The van der Waals surface area contributed by atoms with Gasteiger partial charge in [-0.2, -0.15) is 0 Å². The van der Waals surface area contributed by atoms with Gasteiger partial charge in [0.15, 0.2) is 5.96 Å². The molecule has 2 amide bonds. The Hall–Kier alpha value is -2.69. The summed E-state index contributed by atoms with van der Waals surface area (Å²) in [4.78, 5) is 31.7. The summed E-state index contributed by atoms with van der Waals surface area (Å²) in [5, 5.41) is 11.8. The zero-order chi connectivity index (χ0) is 20.2. The predicted molar refractivity (Wildman–Crippen MR) is 125 cm³/mol. The molecule has 1 aromatic heterocycles. The summed E-state index contributed by atoms with van der Waals surface area (Å²) in [7, 11) is 3.31. The van der Waals surface area contributed by atoms with Crippen LogP contribution < -0.4 is 21.3 Å². The van der Waals surface area contributed by atoms with E-state index < -0.39 is 0 Å². The van der Waals surface area contributed by atoms with E-state index in [-0.39, 0.29) is 35.8 Å². The summed E-state index contributed by atoms with van der Waals surface area (Å²) in [6.45, 7) is 1.67. The van der Waals surface area contributed by atoms with E-state index >= 15 is 0 Å². The van der Waals surface area contributed by atoms with E-state index in [1.807, 2.05) is 18.2 Å². The lowest BCUT2D eigenvalue weighted by molar-refractivity contribution is 0.0949. The molecule has 2 rings (SSSR count). The summed E-state index contributed by atoms with van der Waals surface area (Å²) in [5.41, 5.74) is 2.24. The average Bonchev–Trinajstić information content (AvgIpc) is 2.75. The highest BCUT2D eigenvalue weighted by Crippen LogP contribution is 2.05. The molecule has 0 saturated heterocycles. The first kappa shape index (κ1) is 24.3. The number of carbonyl (C=O) groups is 2. The highest BCUT2D eigenvalue weighted by Gasteiger charge is 2.05. The number of guanidine groups is 1. The molecular formula is C20H27IN6O2. The Morgan fingerprint density at radius 2 is 1.69 bits per heavy atom. The predicted octanol–water partition coefficient (Wildman–Crippen LogP) is 1.20. The second kappa shape index (κ2) is 13.5. The van der Waals surface area contributed by atoms with Gasteiger partial charge in [-0.15, -0.1) is 24.0 Å². The van der Waals surface area contributed by atoms with Crippen LogP contribution in [0.2, 0.25) is 0 Å². The van der Waals surface area contributed by atoms with E-state index in [0.29, 0.717) is 36.7 Å². The second-order valence-corrected chi connectivity index (χ2v) is 5.95. The summed E-state index contributed by atoms with van der Waals surface area (Å²) >= 11 is 0. The SMILES string of the molecule is CN=C(NCCNC(=O)c1cccnc1)NCCc1cccc(C(=O)NC)c1.I. The maximum atomic E-state index is 11.9. The van der Waals surface area contributed by atoms with Gasteiger partial charge in [-0.05, 0) is 36.2 Å². The molecule has 8 nitrogen and oxygen atoms in total. The third kappa shape index (κ3) is 8.46. The number of aliphatic imine (C=N–C) groups is 1. The van der Waals surface area contributed by atoms with Crippen molar-refractivity contribution in [2.75, 3.05) is 33.7 Å². The highest BCUT2D eigenvalue weighted by atomic mass is 127. The Labute approximate surface area is 188 Å². The van der Waals surface area contributed by atoms with Crippen LogP contribution in [0.15, 0.2) is 53.8 Å². The zero-order valence-corrected chi connectivity index (χ0v) is 18.9. The summed E-state index contributed by atoms with van der Waals surface area (Å²) in [6, 6.07) is 11.0. The number of pyridine rings is 1. The van der Waals surface area contributed by atoms with Crippen LogP contribution in [-0.4, -0.2) is 56.5 Å². The molecule has 2 aromatic rings. The maximum absolute atomic E-state index is 11.9. The zero-order valence-electron chi connectivity index (χ0n) is 16.6. The summed E-state index contributed by atoms with van der Waals surface area (Å²) in [5.74, 6) is 0.396. The first-order valence-corrected chi connectivity index (χ1v) is 9.08. The molecule has 156 valence electrons. The number of hydrogen-bond donors (Lipinski definition) is 4. The number of aromatic nitrogens is 1. The van der Waals surface area contributed by atoms with E-state index in [2.05, 4.69) is 31.2 Å². The largest absolute Gasteiger partial charge is 0.356 e. The summed E-state index contributed by atoms with van der Waals surface area (Å²) in [6.07, 6.45) is 3.91. The van der Waals surface area contributed by atoms with Crippen molar-refractivity contribution >= 4 is 41.8 Å². The molecule has 1 aromatic carbocycles. The summed E-state index contributed by atoms with van der Waals surface area (Å²) < 4.78 is 0. The third-order valence-electron chi connectivity index (χ3n) is 3.97. The first-order valence-electron chi connectivity index (χ1n) is 9.08. The fraction of sp³-hybridized carbons (Fsp3) is 0.300. The molecule has 0 atom stereocenters. The van der Waals surface area contributed by atoms with Crippen LogP contribution in [0.5, 0.6) is 0 Å². The van der Waals surface area contributed by atoms with Crippen LogP contribution >= 0.6 is 24.0 Å². The van der Waals surface area contributed by atoms with Gasteiger partial charge in [-0.1, -0.05) is 12.1 Å². The van der Waals surface area contributed by atoms with Crippen molar-refractivity contribution in [2.24, 2.45) is 4.99 Å². The lowest BCUT2D eigenvalue weighted by atomic mass is 10.1. The molecule has 0 unspecified atom stereocenters. The Morgan fingerprint density at radius 3 is 2.38 bits per heavy atom. The van der Waals surface area contributed by atoms with Crippen LogP contribution in [0.1, 0.15) is 26.3 Å². The standard InChI is InChI=1S/C20H26N6O2.HI/c1-21-18(27)16-6-3-5-15(13-16)8-10-25-20(22-2)26-12-11-24-19(28)17-7-4-9-23-14-17;/h3-7,9,13-14H,8,10-12H2,1-2H3,(H,21,27)(H,24,28)(H2,22,25,26);1H. The average molecular weight is 510 g/mol. The number of halogens is 1. The van der Waals surface area contributed by atoms with Gasteiger partial charge in [-0.3, -0.25) is 19.6 Å². The lowest BCUT2D eigenvalue weighted by Crippen LogP contribution is -2.42. The van der Waals surface area contributed by atoms with Crippen molar-refractivity contribution in [1.29, 1.82) is 0 Å². The number of amides is 2. The van der Waals surface area contributed by atoms with Crippen molar-refractivity contribution in [1.82, 2.24) is 26.3 Å². The third-order valence-corrected chi connectivity index (χ3v) is 3.97. The molecule has 1 heterocycles. The smallest absolute Gasteiger partial charge is 0.252 e. The van der Waals surface area contributed by atoms with Gasteiger partial charge in [0, 0.05) is 51.7 Å².